The van der Waals surface area contributed by atoms with Gasteiger partial charge in [0.15, 0.2) is 5.82 Å². The molecule has 5 rings (SSSR count). The third-order valence-corrected chi connectivity index (χ3v) is 6.20. The van der Waals surface area contributed by atoms with Crippen LogP contribution in [0.3, 0.4) is 0 Å². The molecule has 0 amide bonds. The van der Waals surface area contributed by atoms with Crippen LogP contribution in [0, 0.1) is 0 Å². The van der Waals surface area contributed by atoms with Gasteiger partial charge in [0.05, 0.1) is 17.6 Å². The standard InChI is InChI=1S/C24H19N5O2S/c1-31-19-14-8-6-12-17(19)22-27-28-24(29(22)25)32-21-20(15-9-3-2-4-10-15)16-11-5-7-13-18(16)26-23(21)30/h2-14H,25H2,1H3,(H,26,30). The first-order chi connectivity index (χ1) is 15.7. The van der Waals surface area contributed by atoms with Crippen LogP contribution in [0.1, 0.15) is 0 Å². The highest BCUT2D eigenvalue weighted by atomic mass is 32.2. The van der Waals surface area contributed by atoms with E-state index in [1.807, 2.05) is 78.9 Å². The van der Waals surface area contributed by atoms with Crippen molar-refractivity contribution in [1.29, 1.82) is 0 Å². The highest BCUT2D eigenvalue weighted by Gasteiger charge is 2.21. The molecule has 0 fully saturated rings. The van der Waals surface area contributed by atoms with Gasteiger partial charge in [-0.2, -0.15) is 0 Å². The zero-order valence-corrected chi connectivity index (χ0v) is 18.0. The van der Waals surface area contributed by atoms with Gasteiger partial charge in [0.1, 0.15) is 5.75 Å². The number of para-hydroxylation sites is 2. The number of methoxy groups -OCH3 is 1. The lowest BCUT2D eigenvalue weighted by atomic mass is 10.0. The molecule has 0 atom stereocenters. The molecule has 0 aliphatic rings. The number of rotatable bonds is 5. The van der Waals surface area contributed by atoms with Gasteiger partial charge in [0.25, 0.3) is 5.56 Å². The Bertz CT molecular complexity index is 1480. The zero-order valence-electron chi connectivity index (χ0n) is 17.1. The van der Waals surface area contributed by atoms with E-state index in [4.69, 9.17) is 10.6 Å². The number of nitrogen functional groups attached to an aromatic ring is 1. The van der Waals surface area contributed by atoms with Crippen LogP contribution in [0.15, 0.2) is 93.7 Å². The topological polar surface area (TPSA) is 98.8 Å². The number of pyridine rings is 1. The normalized spacial score (nSPS) is 11.0. The van der Waals surface area contributed by atoms with E-state index in [0.717, 1.165) is 22.0 Å². The lowest BCUT2D eigenvalue weighted by Gasteiger charge is -2.12. The van der Waals surface area contributed by atoms with Crippen molar-refractivity contribution < 1.29 is 4.74 Å². The number of nitrogens with zero attached hydrogens (tertiary/aromatic N) is 3. The highest BCUT2D eigenvalue weighted by molar-refractivity contribution is 7.99. The second-order valence-corrected chi connectivity index (χ2v) is 8.03. The Morgan fingerprint density at radius 1 is 0.938 bits per heavy atom. The smallest absolute Gasteiger partial charge is 0.263 e. The van der Waals surface area contributed by atoms with E-state index < -0.39 is 0 Å². The molecule has 0 aliphatic heterocycles. The maximum absolute atomic E-state index is 13.1. The van der Waals surface area contributed by atoms with Gasteiger partial charge >= 0.3 is 0 Å². The van der Waals surface area contributed by atoms with Crippen LogP contribution < -0.4 is 16.1 Å². The van der Waals surface area contributed by atoms with E-state index in [1.54, 1.807) is 7.11 Å². The summed E-state index contributed by atoms with van der Waals surface area (Å²) in [5.41, 5.74) is 3.04. The van der Waals surface area contributed by atoms with E-state index in [0.29, 0.717) is 27.2 Å². The number of ether oxygens (including phenoxy) is 1. The molecule has 5 aromatic rings. The van der Waals surface area contributed by atoms with E-state index >= 15 is 0 Å². The molecule has 2 aromatic heterocycles. The molecule has 0 radical (unpaired) electrons. The molecular weight excluding hydrogens is 422 g/mol. The predicted octanol–water partition coefficient (Wildman–Crippen LogP) is 4.33. The van der Waals surface area contributed by atoms with Crippen molar-refractivity contribution in [3.8, 4) is 28.3 Å². The summed E-state index contributed by atoms with van der Waals surface area (Å²) >= 11 is 1.19. The number of benzene rings is 3. The SMILES string of the molecule is COc1ccccc1-c1nnc(Sc2c(-c3ccccc3)c3ccccc3[nH]c2=O)n1N. The molecule has 0 aliphatic carbocycles. The lowest BCUT2D eigenvalue weighted by Crippen LogP contribution is -2.14. The largest absolute Gasteiger partial charge is 0.496 e. The Balaban J connectivity index is 1.67. The average Bonchev–Trinajstić information content (AvgIpc) is 3.19. The third-order valence-electron chi connectivity index (χ3n) is 5.15. The fourth-order valence-electron chi connectivity index (χ4n) is 3.66. The fourth-order valence-corrected chi connectivity index (χ4v) is 4.59. The molecule has 3 aromatic carbocycles. The van der Waals surface area contributed by atoms with Crippen LogP contribution in [0.2, 0.25) is 0 Å². The molecule has 0 saturated carbocycles. The van der Waals surface area contributed by atoms with Crippen LogP contribution in [0.25, 0.3) is 33.4 Å². The summed E-state index contributed by atoms with van der Waals surface area (Å²) in [6, 6.07) is 25.0. The minimum absolute atomic E-state index is 0.214. The number of aromatic nitrogens is 4. The Kier molecular flexibility index (Phi) is 5.12. The Labute approximate surface area is 187 Å². The molecule has 0 bridgehead atoms. The minimum Gasteiger partial charge on any atom is -0.496 e. The van der Waals surface area contributed by atoms with Crippen LogP contribution in [0.5, 0.6) is 5.75 Å². The van der Waals surface area contributed by atoms with Crippen LogP contribution >= 0.6 is 11.8 Å². The molecule has 0 spiro atoms. The van der Waals surface area contributed by atoms with E-state index in [1.165, 1.54) is 16.4 Å². The molecule has 0 saturated heterocycles. The molecule has 158 valence electrons. The number of nitrogens with one attached hydrogen (secondary N) is 1. The molecule has 8 heteroatoms. The van der Waals surface area contributed by atoms with Crippen LogP contribution in [0.4, 0.5) is 0 Å². The molecule has 3 N–H and O–H groups in total. The van der Waals surface area contributed by atoms with Crippen molar-refractivity contribution in [2.45, 2.75) is 10.1 Å². The summed E-state index contributed by atoms with van der Waals surface area (Å²) in [6.45, 7) is 0. The van der Waals surface area contributed by atoms with Gasteiger partial charge in [-0.3, -0.25) is 4.79 Å². The Morgan fingerprint density at radius 3 is 2.47 bits per heavy atom. The van der Waals surface area contributed by atoms with Gasteiger partial charge in [-0.25, -0.2) is 4.68 Å². The van der Waals surface area contributed by atoms with Gasteiger partial charge in [0, 0.05) is 16.5 Å². The second kappa shape index (κ2) is 8.24. The Morgan fingerprint density at radius 2 is 1.66 bits per heavy atom. The molecule has 0 unspecified atom stereocenters. The molecular formula is C24H19N5O2S. The van der Waals surface area contributed by atoms with E-state index in [2.05, 4.69) is 15.2 Å². The zero-order chi connectivity index (χ0) is 22.1. The second-order valence-electron chi connectivity index (χ2n) is 7.05. The molecule has 32 heavy (non-hydrogen) atoms. The number of aromatic amines is 1. The van der Waals surface area contributed by atoms with Crippen molar-refractivity contribution >= 4 is 22.7 Å². The predicted molar refractivity (Wildman–Crippen MR) is 126 cm³/mol. The number of hydrogen-bond acceptors (Lipinski definition) is 6. The maximum Gasteiger partial charge on any atom is 0.263 e. The van der Waals surface area contributed by atoms with Gasteiger partial charge in [-0.15, -0.1) is 10.2 Å². The summed E-state index contributed by atoms with van der Waals surface area (Å²) in [6.07, 6.45) is 0. The van der Waals surface area contributed by atoms with Gasteiger partial charge < -0.3 is 15.6 Å². The van der Waals surface area contributed by atoms with Gasteiger partial charge in [0.2, 0.25) is 5.16 Å². The monoisotopic (exact) mass is 441 g/mol. The lowest BCUT2D eigenvalue weighted by molar-refractivity contribution is 0.416. The van der Waals surface area contributed by atoms with Crippen LogP contribution in [-0.2, 0) is 0 Å². The summed E-state index contributed by atoms with van der Waals surface area (Å²) in [7, 11) is 1.59. The fraction of sp³-hybridized carbons (Fsp3) is 0.0417. The van der Waals surface area contributed by atoms with Crippen molar-refractivity contribution in [1.82, 2.24) is 19.9 Å². The third kappa shape index (κ3) is 3.40. The molecule has 7 nitrogen and oxygen atoms in total. The van der Waals surface area contributed by atoms with Crippen molar-refractivity contribution in [3.63, 3.8) is 0 Å². The number of fused-ring (bicyclic) bond motifs is 1. The average molecular weight is 442 g/mol. The first kappa shape index (κ1) is 19.9. The quantitative estimate of drug-likeness (QED) is 0.394. The summed E-state index contributed by atoms with van der Waals surface area (Å²) < 4.78 is 6.81. The first-order valence-corrected chi connectivity index (χ1v) is 10.7. The van der Waals surface area contributed by atoms with E-state index in [9.17, 15) is 4.79 Å². The summed E-state index contributed by atoms with van der Waals surface area (Å²) in [5, 5.41) is 9.85. The molecule has 2 heterocycles. The Hall–Kier alpha value is -4.04. The van der Waals surface area contributed by atoms with Crippen molar-refractivity contribution in [2.75, 3.05) is 13.0 Å². The van der Waals surface area contributed by atoms with Crippen molar-refractivity contribution in [3.05, 3.63) is 89.2 Å². The minimum atomic E-state index is -0.214. The number of nitrogens with two attached hydrogens (primary N) is 1. The maximum atomic E-state index is 13.1. The number of hydrogen-bond donors (Lipinski definition) is 2. The van der Waals surface area contributed by atoms with E-state index in [-0.39, 0.29) is 5.56 Å². The van der Waals surface area contributed by atoms with Crippen LogP contribution in [-0.4, -0.2) is 27.0 Å². The van der Waals surface area contributed by atoms with Gasteiger partial charge in [-0.1, -0.05) is 60.7 Å². The summed E-state index contributed by atoms with van der Waals surface area (Å²) in [5.74, 6) is 7.44. The van der Waals surface area contributed by atoms with Crippen molar-refractivity contribution in [2.24, 2.45) is 0 Å². The number of H-pyrrole nitrogens is 1. The first-order valence-electron chi connectivity index (χ1n) is 9.89. The van der Waals surface area contributed by atoms with Gasteiger partial charge in [-0.05, 0) is 35.5 Å². The summed E-state index contributed by atoms with van der Waals surface area (Å²) in [4.78, 5) is 16.6. The highest BCUT2D eigenvalue weighted by Crippen LogP contribution is 2.38.